The topological polar surface area (TPSA) is 32.3 Å². The zero-order valence-electron chi connectivity index (χ0n) is 12.8. The van der Waals surface area contributed by atoms with Gasteiger partial charge in [0, 0.05) is 24.2 Å². The summed E-state index contributed by atoms with van der Waals surface area (Å²) >= 11 is 5.99. The summed E-state index contributed by atoms with van der Waals surface area (Å²) in [5.74, 6) is 0.208. The molecular weight excluding hydrogens is 284 g/mol. The number of halogens is 1. The molecule has 1 aromatic carbocycles. The molecule has 1 fully saturated rings. The Morgan fingerprint density at radius 1 is 1.48 bits per heavy atom. The van der Waals surface area contributed by atoms with Crippen LogP contribution in [0.25, 0.3) is 0 Å². The van der Waals surface area contributed by atoms with Gasteiger partial charge in [0.05, 0.1) is 6.42 Å². The van der Waals surface area contributed by atoms with Gasteiger partial charge in [-0.25, -0.2) is 0 Å². The predicted octanol–water partition coefficient (Wildman–Crippen LogP) is 3.26. The monoisotopic (exact) mass is 308 g/mol. The first-order valence-corrected chi connectivity index (χ1v) is 8.32. The highest BCUT2D eigenvalue weighted by Gasteiger charge is 2.21. The molecule has 1 atom stereocenters. The van der Waals surface area contributed by atoms with E-state index in [2.05, 4.69) is 12.2 Å². The van der Waals surface area contributed by atoms with Gasteiger partial charge in [-0.05, 0) is 43.5 Å². The molecule has 116 valence electrons. The third-order valence-corrected chi connectivity index (χ3v) is 4.22. The van der Waals surface area contributed by atoms with Crippen molar-refractivity contribution >= 4 is 17.5 Å². The first kappa shape index (κ1) is 16.3. The lowest BCUT2D eigenvalue weighted by Crippen LogP contribution is -2.42. The van der Waals surface area contributed by atoms with Crippen LogP contribution in [0.5, 0.6) is 0 Å². The van der Waals surface area contributed by atoms with Crippen LogP contribution in [0.4, 0.5) is 0 Å². The van der Waals surface area contributed by atoms with Crippen LogP contribution in [0, 0.1) is 0 Å². The van der Waals surface area contributed by atoms with E-state index in [0.29, 0.717) is 17.5 Å². The summed E-state index contributed by atoms with van der Waals surface area (Å²) in [5.41, 5.74) is 0.994. The highest BCUT2D eigenvalue weighted by molar-refractivity contribution is 6.30. The average molecular weight is 309 g/mol. The number of hydrogen-bond donors (Lipinski definition) is 1. The second kappa shape index (κ2) is 8.40. The molecule has 1 amide bonds. The number of amides is 1. The SMILES string of the molecule is CCCCN(CC1CCCN1)C(=O)Cc1cccc(Cl)c1. The van der Waals surface area contributed by atoms with E-state index in [9.17, 15) is 4.79 Å². The van der Waals surface area contributed by atoms with E-state index >= 15 is 0 Å². The van der Waals surface area contributed by atoms with E-state index in [4.69, 9.17) is 11.6 Å². The summed E-state index contributed by atoms with van der Waals surface area (Å²) in [4.78, 5) is 14.6. The Labute approximate surface area is 132 Å². The Kier molecular flexibility index (Phi) is 6.52. The van der Waals surface area contributed by atoms with Crippen molar-refractivity contribution < 1.29 is 4.79 Å². The molecule has 1 aromatic rings. The largest absolute Gasteiger partial charge is 0.341 e. The maximum atomic E-state index is 12.6. The van der Waals surface area contributed by atoms with Crippen LogP contribution in [0.1, 0.15) is 38.2 Å². The minimum absolute atomic E-state index is 0.208. The van der Waals surface area contributed by atoms with Gasteiger partial charge >= 0.3 is 0 Å². The fourth-order valence-electron chi connectivity index (χ4n) is 2.78. The number of benzene rings is 1. The van der Waals surface area contributed by atoms with Crippen molar-refractivity contribution in [1.29, 1.82) is 0 Å². The van der Waals surface area contributed by atoms with Crippen LogP contribution < -0.4 is 5.32 Å². The molecule has 4 heteroatoms. The molecule has 1 unspecified atom stereocenters. The summed E-state index contributed by atoms with van der Waals surface area (Å²) < 4.78 is 0. The lowest BCUT2D eigenvalue weighted by atomic mass is 10.1. The van der Waals surface area contributed by atoms with Crippen LogP contribution in [-0.4, -0.2) is 36.5 Å². The van der Waals surface area contributed by atoms with Crippen molar-refractivity contribution in [1.82, 2.24) is 10.2 Å². The van der Waals surface area contributed by atoms with E-state index in [0.717, 1.165) is 38.0 Å². The second-order valence-electron chi connectivity index (χ2n) is 5.79. The van der Waals surface area contributed by atoms with Crippen LogP contribution in [0.15, 0.2) is 24.3 Å². The smallest absolute Gasteiger partial charge is 0.227 e. The molecule has 0 aromatic heterocycles. The summed E-state index contributed by atoms with van der Waals surface area (Å²) in [5, 5.41) is 4.17. The Balaban J connectivity index is 1.95. The molecule has 2 rings (SSSR count). The minimum Gasteiger partial charge on any atom is -0.341 e. The standard InChI is InChI=1S/C17H25ClN2O/c1-2-3-10-20(13-16-8-5-9-19-16)17(21)12-14-6-4-7-15(18)11-14/h4,6-7,11,16,19H,2-3,5,8-10,12-13H2,1H3. The fourth-order valence-corrected chi connectivity index (χ4v) is 2.99. The van der Waals surface area contributed by atoms with Gasteiger partial charge in [0.2, 0.25) is 5.91 Å². The molecule has 21 heavy (non-hydrogen) atoms. The van der Waals surface area contributed by atoms with Crippen molar-refractivity contribution in [2.45, 2.75) is 45.1 Å². The van der Waals surface area contributed by atoms with Gasteiger partial charge in [0.25, 0.3) is 0 Å². The van der Waals surface area contributed by atoms with Crippen molar-refractivity contribution in [3.63, 3.8) is 0 Å². The van der Waals surface area contributed by atoms with Gasteiger partial charge in [0.15, 0.2) is 0 Å². The molecule has 0 saturated carbocycles. The number of rotatable bonds is 7. The van der Waals surface area contributed by atoms with Crippen LogP contribution >= 0.6 is 11.6 Å². The molecule has 0 bridgehead atoms. The maximum absolute atomic E-state index is 12.6. The van der Waals surface area contributed by atoms with E-state index in [-0.39, 0.29) is 5.91 Å². The zero-order chi connectivity index (χ0) is 15.1. The van der Waals surface area contributed by atoms with E-state index < -0.39 is 0 Å². The Morgan fingerprint density at radius 3 is 3.00 bits per heavy atom. The fraction of sp³-hybridized carbons (Fsp3) is 0.588. The van der Waals surface area contributed by atoms with Crippen molar-refractivity contribution in [2.75, 3.05) is 19.6 Å². The summed E-state index contributed by atoms with van der Waals surface area (Å²) in [7, 11) is 0. The normalized spacial score (nSPS) is 17.9. The molecule has 0 aliphatic carbocycles. The zero-order valence-corrected chi connectivity index (χ0v) is 13.5. The summed E-state index contributed by atoms with van der Waals surface area (Å²) in [6.45, 7) is 4.93. The van der Waals surface area contributed by atoms with Crippen LogP contribution in [0.3, 0.4) is 0 Å². The third kappa shape index (κ3) is 5.33. The number of nitrogens with zero attached hydrogens (tertiary/aromatic N) is 1. The third-order valence-electron chi connectivity index (χ3n) is 3.98. The first-order chi connectivity index (χ1) is 10.2. The summed E-state index contributed by atoms with van der Waals surface area (Å²) in [6, 6.07) is 8.05. The number of hydrogen-bond acceptors (Lipinski definition) is 2. The Morgan fingerprint density at radius 2 is 2.33 bits per heavy atom. The Hall–Kier alpha value is -1.06. The van der Waals surface area contributed by atoms with Gasteiger partial charge in [-0.2, -0.15) is 0 Å². The lowest BCUT2D eigenvalue weighted by Gasteiger charge is -2.26. The second-order valence-corrected chi connectivity index (χ2v) is 6.23. The number of carbonyl (C=O) groups excluding carboxylic acids is 1. The van der Waals surface area contributed by atoms with E-state index in [1.807, 2.05) is 29.2 Å². The van der Waals surface area contributed by atoms with Crippen molar-refractivity contribution in [2.24, 2.45) is 0 Å². The summed E-state index contributed by atoms with van der Waals surface area (Å²) in [6.07, 6.45) is 5.01. The highest BCUT2D eigenvalue weighted by atomic mass is 35.5. The van der Waals surface area contributed by atoms with Gasteiger partial charge in [-0.3, -0.25) is 4.79 Å². The van der Waals surface area contributed by atoms with Gasteiger partial charge in [-0.15, -0.1) is 0 Å². The van der Waals surface area contributed by atoms with Crippen LogP contribution in [0.2, 0.25) is 5.02 Å². The number of carbonyl (C=O) groups is 1. The molecule has 3 nitrogen and oxygen atoms in total. The maximum Gasteiger partial charge on any atom is 0.227 e. The van der Waals surface area contributed by atoms with Gasteiger partial charge in [0.1, 0.15) is 0 Å². The molecule has 1 aliphatic rings. The van der Waals surface area contributed by atoms with Gasteiger partial charge in [-0.1, -0.05) is 37.1 Å². The van der Waals surface area contributed by atoms with E-state index in [1.54, 1.807) is 0 Å². The molecule has 1 N–H and O–H groups in total. The van der Waals surface area contributed by atoms with Crippen molar-refractivity contribution in [3.05, 3.63) is 34.9 Å². The molecular formula is C17H25ClN2O. The number of nitrogens with one attached hydrogen (secondary N) is 1. The predicted molar refractivity (Wildman–Crippen MR) is 87.7 cm³/mol. The molecule has 0 spiro atoms. The Bertz CT molecular complexity index is 458. The number of unbranched alkanes of at least 4 members (excludes halogenated alkanes) is 1. The average Bonchev–Trinajstić information content (AvgIpc) is 2.96. The quantitative estimate of drug-likeness (QED) is 0.838. The van der Waals surface area contributed by atoms with Crippen molar-refractivity contribution in [3.8, 4) is 0 Å². The molecule has 1 saturated heterocycles. The van der Waals surface area contributed by atoms with Crippen LogP contribution in [-0.2, 0) is 11.2 Å². The minimum atomic E-state index is 0.208. The van der Waals surface area contributed by atoms with E-state index in [1.165, 1.54) is 12.8 Å². The van der Waals surface area contributed by atoms with Gasteiger partial charge < -0.3 is 10.2 Å². The molecule has 1 aliphatic heterocycles. The molecule has 0 radical (unpaired) electrons. The highest BCUT2D eigenvalue weighted by Crippen LogP contribution is 2.14. The lowest BCUT2D eigenvalue weighted by molar-refractivity contribution is -0.130. The first-order valence-electron chi connectivity index (χ1n) is 7.94. The molecule has 1 heterocycles.